The number of benzene rings is 1. The van der Waals surface area contributed by atoms with Gasteiger partial charge in [-0.3, -0.25) is 9.69 Å². The fourth-order valence-electron chi connectivity index (χ4n) is 2.94. The third-order valence-electron chi connectivity index (χ3n) is 4.28. The Morgan fingerprint density at radius 2 is 1.96 bits per heavy atom. The predicted octanol–water partition coefficient (Wildman–Crippen LogP) is 1.85. The normalized spacial score (nSPS) is 22.8. The van der Waals surface area contributed by atoms with Gasteiger partial charge in [0.1, 0.15) is 5.37 Å². The first-order valence-electron chi connectivity index (χ1n) is 7.99. The number of carbonyl (C=O) groups is 1. The number of rotatable bonds is 4. The Morgan fingerprint density at radius 1 is 1.22 bits per heavy atom. The van der Waals surface area contributed by atoms with E-state index in [4.69, 9.17) is 10.00 Å². The minimum atomic E-state index is 0.0602. The summed E-state index contributed by atoms with van der Waals surface area (Å²) < 4.78 is 5.37. The molecule has 0 bridgehead atoms. The van der Waals surface area contributed by atoms with Gasteiger partial charge < -0.3 is 9.64 Å². The predicted molar refractivity (Wildman–Crippen MR) is 89.9 cm³/mol. The van der Waals surface area contributed by atoms with Gasteiger partial charge in [0.25, 0.3) is 0 Å². The molecule has 0 saturated carbocycles. The summed E-state index contributed by atoms with van der Waals surface area (Å²) >= 11 is 1.81. The van der Waals surface area contributed by atoms with Gasteiger partial charge in [-0.15, -0.1) is 11.8 Å². The van der Waals surface area contributed by atoms with Crippen LogP contribution in [0.1, 0.15) is 22.9 Å². The number of hydrogen-bond donors (Lipinski definition) is 0. The van der Waals surface area contributed by atoms with E-state index in [1.165, 1.54) is 0 Å². The third-order valence-corrected chi connectivity index (χ3v) is 5.56. The average molecular weight is 331 g/mol. The van der Waals surface area contributed by atoms with E-state index in [2.05, 4.69) is 11.0 Å². The van der Waals surface area contributed by atoms with Gasteiger partial charge in [0.05, 0.1) is 24.8 Å². The lowest BCUT2D eigenvalue weighted by Gasteiger charge is -2.37. The van der Waals surface area contributed by atoms with Crippen molar-refractivity contribution in [3.63, 3.8) is 0 Å². The van der Waals surface area contributed by atoms with Gasteiger partial charge in [0, 0.05) is 38.4 Å². The van der Waals surface area contributed by atoms with Crippen LogP contribution in [0.3, 0.4) is 0 Å². The lowest BCUT2D eigenvalue weighted by Crippen LogP contribution is -2.45. The zero-order valence-electron chi connectivity index (χ0n) is 13.1. The fourth-order valence-corrected chi connectivity index (χ4v) is 4.20. The molecule has 2 fully saturated rings. The molecule has 0 aromatic heterocycles. The fraction of sp³-hybridized carbons (Fsp3) is 0.529. The van der Waals surface area contributed by atoms with Crippen LogP contribution in [0.25, 0.3) is 0 Å². The summed E-state index contributed by atoms with van der Waals surface area (Å²) in [5, 5.41) is 8.99. The lowest BCUT2D eigenvalue weighted by molar-refractivity contribution is -0.132. The zero-order valence-corrected chi connectivity index (χ0v) is 13.9. The molecule has 0 spiro atoms. The minimum absolute atomic E-state index is 0.0602. The summed E-state index contributed by atoms with van der Waals surface area (Å²) in [6, 6.07) is 9.73. The smallest absolute Gasteiger partial charge is 0.224 e. The summed E-state index contributed by atoms with van der Waals surface area (Å²) in [5.74, 6) is 1.09. The number of ether oxygens (including phenoxy) is 1. The highest BCUT2D eigenvalue weighted by atomic mass is 32.2. The van der Waals surface area contributed by atoms with Crippen molar-refractivity contribution in [3.05, 3.63) is 35.4 Å². The lowest BCUT2D eigenvalue weighted by atomic mass is 10.1. The quantitative estimate of drug-likeness (QED) is 0.843. The van der Waals surface area contributed by atoms with E-state index in [0.717, 1.165) is 50.7 Å². The van der Waals surface area contributed by atoms with Gasteiger partial charge in [0.2, 0.25) is 5.91 Å². The molecule has 23 heavy (non-hydrogen) atoms. The molecule has 3 rings (SSSR count). The van der Waals surface area contributed by atoms with Gasteiger partial charge in [-0.1, -0.05) is 12.1 Å². The molecule has 2 aliphatic rings. The Kier molecular flexibility index (Phi) is 5.55. The Bertz CT molecular complexity index is 578. The van der Waals surface area contributed by atoms with Crippen molar-refractivity contribution in [1.82, 2.24) is 9.80 Å². The van der Waals surface area contributed by atoms with Crippen molar-refractivity contribution in [1.29, 1.82) is 5.26 Å². The topological polar surface area (TPSA) is 56.6 Å². The van der Waals surface area contributed by atoms with Crippen LogP contribution in [-0.4, -0.2) is 60.9 Å². The molecule has 0 aliphatic carbocycles. The van der Waals surface area contributed by atoms with Crippen LogP contribution in [0.5, 0.6) is 0 Å². The summed E-state index contributed by atoms with van der Waals surface area (Å²) in [6.07, 6.45) is 0.612. The maximum Gasteiger partial charge on any atom is 0.224 e. The van der Waals surface area contributed by atoms with E-state index in [-0.39, 0.29) is 11.3 Å². The van der Waals surface area contributed by atoms with Crippen LogP contribution in [0.2, 0.25) is 0 Å². The molecule has 2 aliphatic heterocycles. The number of nitriles is 1. The molecule has 1 unspecified atom stereocenters. The maximum absolute atomic E-state index is 12.4. The van der Waals surface area contributed by atoms with E-state index in [1.807, 2.05) is 40.9 Å². The molecule has 2 saturated heterocycles. The number of nitrogens with zero attached hydrogens (tertiary/aromatic N) is 3. The molecule has 1 aromatic rings. The first-order chi connectivity index (χ1) is 11.3. The SMILES string of the molecule is N#Cc1ccc(C2SCCC(=O)N2CCN2CCOCC2)cc1. The first kappa shape index (κ1) is 16.3. The van der Waals surface area contributed by atoms with Gasteiger partial charge in [-0.05, 0) is 17.7 Å². The molecule has 122 valence electrons. The highest BCUT2D eigenvalue weighted by molar-refractivity contribution is 7.99. The van der Waals surface area contributed by atoms with Crippen molar-refractivity contribution < 1.29 is 9.53 Å². The molecule has 6 heteroatoms. The van der Waals surface area contributed by atoms with E-state index in [1.54, 1.807) is 0 Å². The molecular weight excluding hydrogens is 310 g/mol. The number of carbonyl (C=O) groups excluding carboxylic acids is 1. The van der Waals surface area contributed by atoms with Crippen LogP contribution >= 0.6 is 11.8 Å². The Hall–Kier alpha value is -1.55. The number of amides is 1. The molecular formula is C17H21N3O2S. The zero-order chi connectivity index (χ0) is 16.1. The molecule has 0 N–H and O–H groups in total. The minimum Gasteiger partial charge on any atom is -0.379 e. The Labute approximate surface area is 141 Å². The maximum atomic E-state index is 12.4. The van der Waals surface area contributed by atoms with Crippen LogP contribution in [0.4, 0.5) is 0 Å². The molecule has 1 amide bonds. The number of morpholine rings is 1. The standard InChI is InChI=1S/C17H21N3O2S/c18-13-14-1-3-15(4-2-14)17-20(16(21)5-12-23-17)7-6-19-8-10-22-11-9-19/h1-4,17H,5-12H2. The van der Waals surface area contributed by atoms with Gasteiger partial charge >= 0.3 is 0 Å². The summed E-state index contributed by atoms with van der Waals surface area (Å²) in [4.78, 5) is 16.7. The van der Waals surface area contributed by atoms with Crippen LogP contribution in [-0.2, 0) is 9.53 Å². The highest BCUT2D eigenvalue weighted by Crippen LogP contribution is 2.37. The van der Waals surface area contributed by atoms with Gasteiger partial charge in [-0.25, -0.2) is 0 Å². The van der Waals surface area contributed by atoms with E-state index in [0.29, 0.717) is 12.0 Å². The van der Waals surface area contributed by atoms with Crippen molar-refractivity contribution in [2.24, 2.45) is 0 Å². The van der Waals surface area contributed by atoms with E-state index >= 15 is 0 Å². The van der Waals surface area contributed by atoms with Gasteiger partial charge in [0.15, 0.2) is 0 Å². The molecule has 2 heterocycles. The monoisotopic (exact) mass is 331 g/mol. The van der Waals surface area contributed by atoms with Crippen LogP contribution in [0, 0.1) is 11.3 Å². The van der Waals surface area contributed by atoms with E-state index in [9.17, 15) is 4.79 Å². The Morgan fingerprint density at radius 3 is 2.65 bits per heavy atom. The van der Waals surface area contributed by atoms with E-state index < -0.39 is 0 Å². The molecule has 0 radical (unpaired) electrons. The van der Waals surface area contributed by atoms with Crippen LogP contribution < -0.4 is 0 Å². The Balaban J connectivity index is 1.68. The number of thioether (sulfide) groups is 1. The summed E-state index contributed by atoms with van der Waals surface area (Å²) in [7, 11) is 0. The second kappa shape index (κ2) is 7.82. The first-order valence-corrected chi connectivity index (χ1v) is 9.04. The van der Waals surface area contributed by atoms with Crippen molar-refractivity contribution in [2.45, 2.75) is 11.8 Å². The third kappa shape index (κ3) is 4.05. The molecule has 1 aromatic carbocycles. The molecule has 5 nitrogen and oxygen atoms in total. The number of hydrogen-bond acceptors (Lipinski definition) is 5. The largest absolute Gasteiger partial charge is 0.379 e. The van der Waals surface area contributed by atoms with Crippen molar-refractivity contribution >= 4 is 17.7 Å². The van der Waals surface area contributed by atoms with Crippen LogP contribution in [0.15, 0.2) is 24.3 Å². The highest BCUT2D eigenvalue weighted by Gasteiger charge is 2.30. The van der Waals surface area contributed by atoms with Gasteiger partial charge in [-0.2, -0.15) is 5.26 Å². The van der Waals surface area contributed by atoms with Crippen molar-refractivity contribution in [2.75, 3.05) is 45.1 Å². The average Bonchev–Trinajstić information content (AvgIpc) is 2.61. The molecule has 1 atom stereocenters. The second-order valence-corrected chi connectivity index (χ2v) is 6.94. The van der Waals surface area contributed by atoms with Crippen molar-refractivity contribution in [3.8, 4) is 6.07 Å². The summed E-state index contributed by atoms with van der Waals surface area (Å²) in [6.45, 7) is 5.08. The second-order valence-electron chi connectivity index (χ2n) is 5.75. The summed E-state index contributed by atoms with van der Waals surface area (Å²) in [5.41, 5.74) is 1.75.